The Kier molecular flexibility index (Phi) is 5.81. The zero-order chi connectivity index (χ0) is 18.6. The maximum atomic E-state index is 12.6. The smallest absolute Gasteiger partial charge is 0.464 e. The molecule has 0 saturated carbocycles. The second-order valence-electron chi connectivity index (χ2n) is 5.50. The Balaban J connectivity index is 2.51. The molecule has 1 amide bonds. The number of nitrogens with zero attached hydrogens (tertiary/aromatic N) is 1. The molecule has 1 saturated heterocycles. The van der Waals surface area contributed by atoms with Crippen molar-refractivity contribution >= 4 is 36.1 Å². The fraction of sp³-hybridized carbons (Fsp3) is 0.438. The van der Waals surface area contributed by atoms with Gasteiger partial charge in [-0.05, 0) is 31.4 Å². The lowest BCUT2D eigenvalue weighted by atomic mass is 9.80. The minimum absolute atomic E-state index is 0.0119. The monoisotopic (exact) mass is 349 g/mol. The molecule has 1 fully saturated rings. The Morgan fingerprint density at radius 1 is 1.12 bits per heavy atom. The summed E-state index contributed by atoms with van der Waals surface area (Å²) in [6, 6.07) is 5.66. The van der Waals surface area contributed by atoms with Crippen LogP contribution in [0.5, 0.6) is 0 Å². The van der Waals surface area contributed by atoms with E-state index in [0.29, 0.717) is 0 Å². The molecule has 9 heteroatoms. The molecule has 1 aromatic carbocycles. The van der Waals surface area contributed by atoms with Gasteiger partial charge in [-0.15, -0.1) is 0 Å². The Morgan fingerprint density at radius 2 is 1.64 bits per heavy atom. The zero-order valence-corrected chi connectivity index (χ0v) is 14.1. The van der Waals surface area contributed by atoms with Gasteiger partial charge in [-0.2, -0.15) is 0 Å². The van der Waals surface area contributed by atoms with Crippen molar-refractivity contribution in [3.8, 4) is 0 Å². The topological polar surface area (TPSA) is 113 Å². The Labute approximate surface area is 145 Å². The van der Waals surface area contributed by atoms with Crippen LogP contribution >= 0.6 is 0 Å². The fourth-order valence-corrected chi connectivity index (χ4v) is 2.86. The van der Waals surface area contributed by atoms with Crippen molar-refractivity contribution in [2.75, 3.05) is 18.1 Å². The SMILES string of the molecule is CCOC(=O)C1(C(=O)OCC)CCC(=O)N1c1ccc(B(O)O)cc1. The van der Waals surface area contributed by atoms with E-state index in [9.17, 15) is 24.4 Å². The van der Waals surface area contributed by atoms with E-state index < -0.39 is 30.5 Å². The van der Waals surface area contributed by atoms with Gasteiger partial charge in [0.1, 0.15) is 0 Å². The van der Waals surface area contributed by atoms with Crippen LogP contribution in [0.15, 0.2) is 24.3 Å². The van der Waals surface area contributed by atoms with Crippen LogP contribution in [0, 0.1) is 0 Å². The van der Waals surface area contributed by atoms with Crippen molar-refractivity contribution < 1.29 is 33.9 Å². The molecule has 1 aromatic rings. The normalized spacial score (nSPS) is 15.8. The van der Waals surface area contributed by atoms with Gasteiger partial charge >= 0.3 is 19.1 Å². The summed E-state index contributed by atoms with van der Waals surface area (Å²) in [5, 5.41) is 18.4. The summed E-state index contributed by atoms with van der Waals surface area (Å²) in [6.07, 6.45) is -0.0596. The third-order valence-electron chi connectivity index (χ3n) is 4.01. The molecule has 134 valence electrons. The third kappa shape index (κ3) is 3.38. The minimum atomic E-state index is -1.87. The average Bonchev–Trinajstić information content (AvgIpc) is 2.94. The number of anilines is 1. The summed E-state index contributed by atoms with van der Waals surface area (Å²) in [6.45, 7) is 3.32. The van der Waals surface area contributed by atoms with E-state index in [-0.39, 0.29) is 37.2 Å². The average molecular weight is 349 g/mol. The number of rotatable bonds is 6. The van der Waals surface area contributed by atoms with Gasteiger partial charge in [-0.25, -0.2) is 9.59 Å². The first kappa shape index (κ1) is 18.9. The highest BCUT2D eigenvalue weighted by Crippen LogP contribution is 2.37. The van der Waals surface area contributed by atoms with E-state index in [1.54, 1.807) is 13.8 Å². The maximum absolute atomic E-state index is 12.6. The third-order valence-corrected chi connectivity index (χ3v) is 4.01. The standard InChI is InChI=1S/C16H20BNO7/c1-3-24-14(20)16(15(21)25-4-2)10-9-13(19)18(16)12-7-5-11(6-8-12)17(22)23/h5-8,22-23H,3-4,9-10H2,1-2H3. The van der Waals surface area contributed by atoms with Gasteiger partial charge in [0, 0.05) is 18.5 Å². The molecular weight excluding hydrogens is 329 g/mol. The molecule has 0 aromatic heterocycles. The highest BCUT2D eigenvalue weighted by atomic mass is 16.6. The van der Waals surface area contributed by atoms with Gasteiger partial charge in [-0.3, -0.25) is 9.69 Å². The number of hydrogen-bond acceptors (Lipinski definition) is 7. The quantitative estimate of drug-likeness (QED) is 0.399. The number of carbonyl (C=O) groups excluding carboxylic acids is 3. The van der Waals surface area contributed by atoms with Crippen molar-refractivity contribution in [1.82, 2.24) is 0 Å². The van der Waals surface area contributed by atoms with Crippen molar-refractivity contribution in [2.45, 2.75) is 32.2 Å². The van der Waals surface area contributed by atoms with Crippen LogP contribution < -0.4 is 10.4 Å². The first-order chi connectivity index (χ1) is 11.9. The summed E-state index contributed by atoms with van der Waals surface area (Å²) in [5.41, 5.74) is -1.39. The second kappa shape index (κ2) is 7.67. The summed E-state index contributed by atoms with van der Waals surface area (Å²) in [7, 11) is -1.66. The minimum Gasteiger partial charge on any atom is -0.464 e. The van der Waals surface area contributed by atoms with E-state index in [1.807, 2.05) is 0 Å². The van der Waals surface area contributed by atoms with Crippen LogP contribution in [0.4, 0.5) is 5.69 Å². The van der Waals surface area contributed by atoms with Gasteiger partial charge in [-0.1, -0.05) is 12.1 Å². The molecule has 0 spiro atoms. The highest BCUT2D eigenvalue weighted by molar-refractivity contribution is 6.58. The van der Waals surface area contributed by atoms with Crippen molar-refractivity contribution in [2.24, 2.45) is 0 Å². The molecule has 0 radical (unpaired) electrons. The number of benzene rings is 1. The summed E-state index contributed by atoms with van der Waals surface area (Å²) in [4.78, 5) is 38.7. The second-order valence-corrected chi connectivity index (χ2v) is 5.50. The number of carbonyl (C=O) groups is 3. The van der Waals surface area contributed by atoms with Gasteiger partial charge in [0.25, 0.3) is 0 Å². The van der Waals surface area contributed by atoms with E-state index in [0.717, 1.165) is 4.90 Å². The summed E-state index contributed by atoms with van der Waals surface area (Å²) >= 11 is 0. The molecule has 0 unspecified atom stereocenters. The van der Waals surface area contributed by atoms with Crippen LogP contribution in [-0.2, 0) is 23.9 Å². The largest absolute Gasteiger partial charge is 0.488 e. The molecule has 0 aliphatic carbocycles. The molecule has 2 N–H and O–H groups in total. The molecular formula is C16H20BNO7. The van der Waals surface area contributed by atoms with Crippen LogP contribution in [-0.4, -0.2) is 53.8 Å². The zero-order valence-electron chi connectivity index (χ0n) is 14.1. The van der Waals surface area contributed by atoms with Gasteiger partial charge in [0.05, 0.1) is 13.2 Å². The number of ether oxygens (including phenoxy) is 2. The highest BCUT2D eigenvalue weighted by Gasteiger charge is 2.60. The molecule has 1 heterocycles. The van der Waals surface area contributed by atoms with Crippen molar-refractivity contribution in [3.63, 3.8) is 0 Å². The predicted molar refractivity (Wildman–Crippen MR) is 89.0 cm³/mol. The molecule has 8 nitrogen and oxygen atoms in total. The van der Waals surface area contributed by atoms with Gasteiger partial charge in [0.2, 0.25) is 11.4 Å². The number of hydrogen-bond donors (Lipinski definition) is 2. The fourth-order valence-electron chi connectivity index (χ4n) is 2.86. The maximum Gasteiger partial charge on any atom is 0.488 e. The van der Waals surface area contributed by atoms with Crippen LogP contribution in [0.1, 0.15) is 26.7 Å². The predicted octanol–water partition coefficient (Wildman–Crippen LogP) is -0.642. The molecule has 0 bridgehead atoms. The first-order valence-electron chi connectivity index (χ1n) is 8.02. The summed E-state index contributed by atoms with van der Waals surface area (Å²) in [5.74, 6) is -2.10. The lowest BCUT2D eigenvalue weighted by Gasteiger charge is -2.33. The van der Waals surface area contributed by atoms with E-state index >= 15 is 0 Å². The van der Waals surface area contributed by atoms with Crippen LogP contribution in [0.3, 0.4) is 0 Å². The number of amides is 1. The number of esters is 2. The molecule has 1 aliphatic rings. The lowest BCUT2D eigenvalue weighted by molar-refractivity contribution is -0.164. The van der Waals surface area contributed by atoms with Crippen LogP contribution in [0.25, 0.3) is 0 Å². The van der Waals surface area contributed by atoms with E-state index in [4.69, 9.17) is 9.47 Å². The van der Waals surface area contributed by atoms with E-state index in [2.05, 4.69) is 0 Å². The Hall–Kier alpha value is -2.39. The Bertz CT molecular complexity index is 641. The molecule has 0 atom stereocenters. The molecule has 25 heavy (non-hydrogen) atoms. The van der Waals surface area contributed by atoms with Crippen molar-refractivity contribution in [3.05, 3.63) is 24.3 Å². The van der Waals surface area contributed by atoms with E-state index in [1.165, 1.54) is 24.3 Å². The lowest BCUT2D eigenvalue weighted by Crippen LogP contribution is -2.59. The van der Waals surface area contributed by atoms with Crippen molar-refractivity contribution in [1.29, 1.82) is 0 Å². The first-order valence-corrected chi connectivity index (χ1v) is 8.02. The van der Waals surface area contributed by atoms with Gasteiger partial charge in [0.15, 0.2) is 0 Å². The molecule has 2 rings (SSSR count). The Morgan fingerprint density at radius 3 is 2.08 bits per heavy atom. The molecule has 1 aliphatic heterocycles. The summed E-state index contributed by atoms with van der Waals surface area (Å²) < 4.78 is 10.1. The van der Waals surface area contributed by atoms with Crippen LogP contribution in [0.2, 0.25) is 0 Å². The van der Waals surface area contributed by atoms with Gasteiger partial charge < -0.3 is 19.5 Å².